The first kappa shape index (κ1) is 26.7. The molecule has 2 aliphatic rings. The number of aliphatic hydroxyl groups is 1. The van der Waals surface area contributed by atoms with Gasteiger partial charge in [-0.3, -0.25) is 4.90 Å². The van der Waals surface area contributed by atoms with Gasteiger partial charge in [0.15, 0.2) is 0 Å². The van der Waals surface area contributed by atoms with Gasteiger partial charge in [-0.15, -0.1) is 0 Å². The highest BCUT2D eigenvalue weighted by Gasteiger charge is 2.25. The Morgan fingerprint density at radius 3 is 2.66 bits per heavy atom. The van der Waals surface area contributed by atoms with Crippen molar-refractivity contribution < 1.29 is 19.0 Å². The topological polar surface area (TPSA) is 99.7 Å². The number of ether oxygens (including phenoxy) is 2. The van der Waals surface area contributed by atoms with Gasteiger partial charge in [-0.25, -0.2) is 9.37 Å². The Morgan fingerprint density at radius 1 is 1.12 bits per heavy atom. The zero-order valence-corrected chi connectivity index (χ0v) is 22.7. The number of nitrogens with zero attached hydrogens (tertiary/aromatic N) is 6. The van der Waals surface area contributed by atoms with E-state index in [2.05, 4.69) is 25.9 Å². The molecule has 1 atom stereocenters. The fourth-order valence-electron chi connectivity index (χ4n) is 5.19. The van der Waals surface area contributed by atoms with Crippen LogP contribution < -0.4 is 9.64 Å². The van der Waals surface area contributed by atoms with Crippen molar-refractivity contribution in [3.63, 3.8) is 0 Å². The van der Waals surface area contributed by atoms with E-state index in [0.717, 1.165) is 68.4 Å². The van der Waals surface area contributed by atoms with Gasteiger partial charge >= 0.3 is 0 Å². The van der Waals surface area contributed by atoms with E-state index in [1.807, 2.05) is 36.4 Å². The largest absolute Gasteiger partial charge is 0.508 e. The highest BCUT2D eigenvalue weighted by atomic mass is 19.1. The van der Waals surface area contributed by atoms with Gasteiger partial charge in [0.25, 0.3) is 0 Å². The van der Waals surface area contributed by atoms with Gasteiger partial charge in [-0.1, -0.05) is 18.7 Å². The van der Waals surface area contributed by atoms with Gasteiger partial charge in [0.1, 0.15) is 29.8 Å². The summed E-state index contributed by atoms with van der Waals surface area (Å²) in [5, 5.41) is 18.9. The van der Waals surface area contributed by atoms with E-state index in [0.29, 0.717) is 23.6 Å². The summed E-state index contributed by atoms with van der Waals surface area (Å²) in [6.45, 7) is 9.19. The lowest BCUT2D eigenvalue weighted by Crippen LogP contribution is -2.46. The third kappa shape index (κ3) is 5.87. The van der Waals surface area contributed by atoms with Crippen molar-refractivity contribution in [2.75, 3.05) is 37.7 Å². The van der Waals surface area contributed by atoms with Crippen LogP contribution in [0.1, 0.15) is 28.9 Å². The van der Waals surface area contributed by atoms with Crippen molar-refractivity contribution in [2.45, 2.75) is 32.2 Å². The second kappa shape index (κ2) is 11.6. The maximum atomic E-state index is 14.2. The number of anilines is 1. The molecule has 2 fully saturated rings. The Bertz CT molecular complexity index is 1620. The Hall–Kier alpha value is -4.46. The number of pyridine rings is 1. The first-order chi connectivity index (χ1) is 20.0. The van der Waals surface area contributed by atoms with E-state index in [-0.39, 0.29) is 24.0 Å². The highest BCUT2D eigenvalue weighted by Crippen LogP contribution is 2.26. The normalized spacial score (nSPS) is 17.3. The third-order valence-corrected chi connectivity index (χ3v) is 7.67. The predicted octanol–water partition coefficient (Wildman–Crippen LogP) is 4.66. The monoisotopic (exact) mass is 554 g/mol. The second-order valence-corrected chi connectivity index (χ2v) is 10.4. The van der Waals surface area contributed by atoms with Crippen LogP contribution in [-0.4, -0.2) is 63.4 Å². The molecule has 0 aliphatic carbocycles. The van der Waals surface area contributed by atoms with Gasteiger partial charge in [0.05, 0.1) is 41.9 Å². The number of imidazole rings is 1. The molecule has 2 saturated heterocycles. The molecule has 41 heavy (non-hydrogen) atoms. The molecule has 2 aromatic carbocycles. The lowest BCUT2D eigenvalue weighted by molar-refractivity contribution is -0.0592. The standard InChI is InChI=1S/C31H31FN6O3/c1-21(39)23-7-8-27-28(16-23)38(18-25-9-14-40-25)30(34-27)19-36-10-12-37(13-11-36)29-3-2-4-31(35-29)41-20-24-6-5-22(17-33)15-26(24)32/h2-8,15-16,25,39H,1,9-14,18-20H2/t25-/m0/s1. The number of hydrogen-bond donors (Lipinski definition) is 1. The number of rotatable bonds is 9. The minimum Gasteiger partial charge on any atom is -0.508 e. The number of nitriles is 1. The Kier molecular flexibility index (Phi) is 7.55. The molecule has 1 N–H and O–H groups in total. The second-order valence-electron chi connectivity index (χ2n) is 10.4. The SMILES string of the molecule is C=C(O)c1ccc2nc(CN3CCN(c4cccc(OCc5ccc(C#N)cc5F)n4)CC3)n(C[C@@H]3CCO3)c2c1. The molecule has 10 heteroatoms. The van der Waals surface area contributed by atoms with Gasteiger partial charge in [-0.05, 0) is 42.8 Å². The van der Waals surface area contributed by atoms with E-state index < -0.39 is 5.82 Å². The fraction of sp³-hybridized carbons (Fsp3) is 0.323. The molecule has 6 rings (SSSR count). The van der Waals surface area contributed by atoms with Crippen LogP contribution in [-0.2, 0) is 24.4 Å². The summed E-state index contributed by atoms with van der Waals surface area (Å²) in [5.74, 6) is 1.79. The van der Waals surface area contributed by atoms with Gasteiger partial charge < -0.3 is 24.0 Å². The van der Waals surface area contributed by atoms with Crippen LogP contribution >= 0.6 is 0 Å². The molecule has 2 aliphatic heterocycles. The summed E-state index contributed by atoms with van der Waals surface area (Å²) in [5.41, 5.74) is 3.21. The minimum atomic E-state index is -0.468. The molecule has 4 heterocycles. The maximum absolute atomic E-state index is 14.2. The van der Waals surface area contributed by atoms with Crippen molar-refractivity contribution in [3.8, 4) is 11.9 Å². The molecule has 0 bridgehead atoms. The maximum Gasteiger partial charge on any atom is 0.215 e. The smallest absolute Gasteiger partial charge is 0.215 e. The molecule has 4 aromatic rings. The Balaban J connectivity index is 1.10. The average molecular weight is 555 g/mol. The Labute approximate surface area is 237 Å². The number of piperazine rings is 1. The van der Waals surface area contributed by atoms with Gasteiger partial charge in [-0.2, -0.15) is 10.2 Å². The molecule has 2 aromatic heterocycles. The molecule has 0 spiro atoms. The van der Waals surface area contributed by atoms with E-state index in [1.54, 1.807) is 18.2 Å². The predicted molar refractivity (Wildman–Crippen MR) is 153 cm³/mol. The first-order valence-corrected chi connectivity index (χ1v) is 13.7. The van der Waals surface area contributed by atoms with Crippen LogP contribution in [0.5, 0.6) is 5.88 Å². The van der Waals surface area contributed by atoms with Gasteiger partial charge in [0, 0.05) is 50.0 Å². The zero-order valence-electron chi connectivity index (χ0n) is 22.7. The number of halogens is 1. The molecule has 0 amide bonds. The van der Waals surface area contributed by atoms with E-state index in [1.165, 1.54) is 6.07 Å². The lowest BCUT2D eigenvalue weighted by atomic mass is 10.1. The number of fused-ring (bicyclic) bond motifs is 1. The molecular weight excluding hydrogens is 523 g/mol. The van der Waals surface area contributed by atoms with Gasteiger partial charge in [0.2, 0.25) is 5.88 Å². The molecule has 9 nitrogen and oxygen atoms in total. The van der Waals surface area contributed by atoms with Crippen LogP contribution in [0.4, 0.5) is 10.2 Å². The number of aromatic nitrogens is 3. The quantitative estimate of drug-likeness (QED) is 0.298. The van der Waals surface area contributed by atoms with Crippen LogP contribution in [0.25, 0.3) is 16.8 Å². The van der Waals surface area contributed by atoms with Crippen molar-refractivity contribution in [1.82, 2.24) is 19.4 Å². The number of aliphatic hydroxyl groups excluding tert-OH is 1. The van der Waals surface area contributed by atoms with Crippen LogP contribution in [0.3, 0.4) is 0 Å². The lowest BCUT2D eigenvalue weighted by Gasteiger charge is -2.35. The summed E-state index contributed by atoms with van der Waals surface area (Å²) in [7, 11) is 0. The molecule has 0 unspecified atom stereocenters. The van der Waals surface area contributed by atoms with Crippen molar-refractivity contribution in [1.29, 1.82) is 5.26 Å². The molecular formula is C31H31FN6O3. The number of hydrogen-bond acceptors (Lipinski definition) is 8. The Morgan fingerprint density at radius 2 is 1.95 bits per heavy atom. The average Bonchev–Trinajstić information content (AvgIpc) is 3.30. The minimum absolute atomic E-state index is 0.0303. The summed E-state index contributed by atoms with van der Waals surface area (Å²) in [4.78, 5) is 14.2. The summed E-state index contributed by atoms with van der Waals surface area (Å²) in [6, 6.07) is 17.6. The summed E-state index contributed by atoms with van der Waals surface area (Å²) < 4.78 is 27.9. The summed E-state index contributed by atoms with van der Waals surface area (Å²) >= 11 is 0. The van der Waals surface area contributed by atoms with E-state index >= 15 is 0 Å². The van der Waals surface area contributed by atoms with Crippen molar-refractivity contribution in [2.24, 2.45) is 0 Å². The highest BCUT2D eigenvalue weighted by molar-refractivity contribution is 5.80. The zero-order chi connectivity index (χ0) is 28.3. The van der Waals surface area contributed by atoms with Crippen molar-refractivity contribution in [3.05, 3.63) is 89.5 Å². The van der Waals surface area contributed by atoms with Crippen LogP contribution in [0.15, 0.2) is 61.2 Å². The molecule has 0 radical (unpaired) electrons. The molecule has 210 valence electrons. The summed E-state index contributed by atoms with van der Waals surface area (Å²) in [6.07, 6.45) is 1.21. The first-order valence-electron chi connectivity index (χ1n) is 13.7. The number of benzene rings is 2. The fourth-order valence-corrected chi connectivity index (χ4v) is 5.19. The van der Waals surface area contributed by atoms with Crippen LogP contribution in [0, 0.1) is 17.1 Å². The molecule has 0 saturated carbocycles. The van der Waals surface area contributed by atoms with Crippen molar-refractivity contribution >= 4 is 22.6 Å². The van der Waals surface area contributed by atoms with Crippen LogP contribution in [0.2, 0.25) is 0 Å². The third-order valence-electron chi connectivity index (χ3n) is 7.67. The van der Waals surface area contributed by atoms with E-state index in [4.69, 9.17) is 19.7 Å². The van der Waals surface area contributed by atoms with E-state index in [9.17, 15) is 9.50 Å².